The summed E-state index contributed by atoms with van der Waals surface area (Å²) in [6, 6.07) is 8.99. The lowest BCUT2D eigenvalue weighted by Crippen LogP contribution is -2.42. The first-order chi connectivity index (χ1) is 13.8. The van der Waals surface area contributed by atoms with Gasteiger partial charge in [0.1, 0.15) is 5.60 Å². The standard InChI is InChI=1S/C22H36N6O/c1-7-17-9-11-18(12-10-17)20(27(4)5)14-24-21(23-8-2)25-16-22(3,29)19-13-26-28(6)15-19/h9-13,15,20,29H,7-8,14,16H2,1-6H3,(H2,23,24,25). The quantitative estimate of drug-likeness (QED) is 0.444. The molecule has 7 nitrogen and oxygen atoms in total. The largest absolute Gasteiger partial charge is 0.383 e. The van der Waals surface area contributed by atoms with Gasteiger partial charge >= 0.3 is 0 Å². The van der Waals surface area contributed by atoms with E-state index in [1.165, 1.54) is 11.1 Å². The van der Waals surface area contributed by atoms with Crippen molar-refractivity contribution < 1.29 is 5.11 Å². The van der Waals surface area contributed by atoms with E-state index in [1.54, 1.807) is 17.8 Å². The van der Waals surface area contributed by atoms with E-state index in [2.05, 4.69) is 70.9 Å². The maximum atomic E-state index is 10.8. The van der Waals surface area contributed by atoms with Gasteiger partial charge in [-0.3, -0.25) is 4.68 Å². The number of aromatic nitrogens is 2. The van der Waals surface area contributed by atoms with Gasteiger partial charge < -0.3 is 20.6 Å². The van der Waals surface area contributed by atoms with Gasteiger partial charge in [-0.1, -0.05) is 31.2 Å². The van der Waals surface area contributed by atoms with E-state index in [0.29, 0.717) is 12.5 Å². The molecule has 29 heavy (non-hydrogen) atoms. The second kappa shape index (κ2) is 10.4. The van der Waals surface area contributed by atoms with Crippen molar-refractivity contribution in [3.05, 3.63) is 53.3 Å². The normalized spacial score (nSPS) is 15.2. The van der Waals surface area contributed by atoms with Crippen LogP contribution in [-0.2, 0) is 19.1 Å². The minimum absolute atomic E-state index is 0.212. The summed E-state index contributed by atoms with van der Waals surface area (Å²) >= 11 is 0. The first-order valence-electron chi connectivity index (χ1n) is 10.3. The van der Waals surface area contributed by atoms with Gasteiger partial charge in [-0.25, -0.2) is 4.99 Å². The highest BCUT2D eigenvalue weighted by Gasteiger charge is 2.24. The van der Waals surface area contributed by atoms with E-state index in [4.69, 9.17) is 0 Å². The maximum absolute atomic E-state index is 10.8. The van der Waals surface area contributed by atoms with Crippen molar-refractivity contribution in [2.24, 2.45) is 12.0 Å². The lowest BCUT2D eigenvalue weighted by atomic mass is 10.0. The summed E-state index contributed by atoms with van der Waals surface area (Å²) < 4.78 is 1.68. The molecule has 7 heteroatoms. The molecule has 2 rings (SSSR count). The third kappa shape index (κ3) is 6.58. The molecule has 0 bridgehead atoms. The number of aryl methyl sites for hydroxylation is 2. The summed E-state index contributed by atoms with van der Waals surface area (Å²) in [5, 5.41) is 21.6. The zero-order chi connectivity index (χ0) is 21.4. The summed E-state index contributed by atoms with van der Waals surface area (Å²) in [7, 11) is 6.00. The van der Waals surface area contributed by atoms with Crippen LogP contribution < -0.4 is 10.6 Å². The van der Waals surface area contributed by atoms with E-state index in [0.717, 1.165) is 18.5 Å². The fourth-order valence-electron chi connectivity index (χ4n) is 3.13. The van der Waals surface area contributed by atoms with Crippen LogP contribution >= 0.6 is 0 Å². The minimum Gasteiger partial charge on any atom is -0.383 e. The molecule has 0 fully saturated rings. The number of rotatable bonds is 9. The van der Waals surface area contributed by atoms with Gasteiger partial charge in [-0.2, -0.15) is 5.10 Å². The van der Waals surface area contributed by atoms with Gasteiger partial charge in [0, 0.05) is 31.9 Å². The number of likely N-dealkylation sites (N-methyl/N-ethyl adjacent to an activating group) is 1. The lowest BCUT2D eigenvalue weighted by Gasteiger charge is -2.27. The van der Waals surface area contributed by atoms with Crippen LogP contribution in [0.25, 0.3) is 0 Å². The van der Waals surface area contributed by atoms with E-state index < -0.39 is 5.60 Å². The summed E-state index contributed by atoms with van der Waals surface area (Å²) in [6.45, 7) is 7.65. The van der Waals surface area contributed by atoms with Crippen LogP contribution in [0.5, 0.6) is 0 Å². The zero-order valence-electron chi connectivity index (χ0n) is 18.6. The first-order valence-corrected chi connectivity index (χ1v) is 10.3. The van der Waals surface area contributed by atoms with Crippen molar-refractivity contribution >= 4 is 5.96 Å². The first kappa shape index (κ1) is 22.9. The van der Waals surface area contributed by atoms with E-state index in [1.807, 2.05) is 20.2 Å². The second-order valence-electron chi connectivity index (χ2n) is 7.83. The second-order valence-corrected chi connectivity index (χ2v) is 7.83. The highest BCUT2D eigenvalue weighted by atomic mass is 16.3. The Kier molecular flexibility index (Phi) is 8.22. The van der Waals surface area contributed by atoms with Crippen LogP contribution in [0.1, 0.15) is 43.5 Å². The van der Waals surface area contributed by atoms with Gasteiger partial charge in [0.15, 0.2) is 5.96 Å². The number of hydrogen-bond acceptors (Lipinski definition) is 4. The van der Waals surface area contributed by atoms with Crippen LogP contribution in [0.2, 0.25) is 0 Å². The number of nitrogens with zero attached hydrogens (tertiary/aromatic N) is 4. The minimum atomic E-state index is -1.08. The molecule has 0 radical (unpaired) electrons. The van der Waals surface area contributed by atoms with E-state index in [-0.39, 0.29) is 12.6 Å². The smallest absolute Gasteiger partial charge is 0.191 e. The topological polar surface area (TPSA) is 77.7 Å². The number of benzene rings is 1. The fourth-order valence-corrected chi connectivity index (χ4v) is 3.13. The van der Waals surface area contributed by atoms with Crippen molar-refractivity contribution in [1.82, 2.24) is 25.3 Å². The summed E-state index contributed by atoms with van der Waals surface area (Å²) in [4.78, 5) is 6.81. The monoisotopic (exact) mass is 400 g/mol. The van der Waals surface area contributed by atoms with Gasteiger partial charge in [0.2, 0.25) is 0 Å². The predicted octanol–water partition coefficient (Wildman–Crippen LogP) is 2.05. The van der Waals surface area contributed by atoms with Crippen LogP contribution in [-0.4, -0.2) is 59.5 Å². The Hall–Kier alpha value is -2.38. The Labute approximate surface area is 174 Å². The Bertz CT molecular complexity index is 779. The molecule has 1 aromatic carbocycles. The summed E-state index contributed by atoms with van der Waals surface area (Å²) in [5.74, 6) is 0.689. The number of nitrogens with one attached hydrogen (secondary N) is 2. The molecule has 3 N–H and O–H groups in total. The van der Waals surface area contributed by atoms with Crippen molar-refractivity contribution in [2.45, 2.75) is 38.8 Å². The number of hydrogen-bond donors (Lipinski definition) is 3. The van der Waals surface area contributed by atoms with Gasteiger partial charge in [-0.05, 0) is 45.5 Å². The van der Waals surface area contributed by atoms with Crippen molar-refractivity contribution in [3.63, 3.8) is 0 Å². The van der Waals surface area contributed by atoms with Crippen LogP contribution in [0.3, 0.4) is 0 Å². The zero-order valence-corrected chi connectivity index (χ0v) is 18.6. The highest BCUT2D eigenvalue weighted by Crippen LogP contribution is 2.20. The molecule has 0 saturated carbocycles. The molecule has 2 aromatic rings. The molecule has 0 saturated heterocycles. The van der Waals surface area contributed by atoms with Gasteiger partial charge in [0.05, 0.1) is 18.8 Å². The van der Waals surface area contributed by atoms with Crippen LogP contribution in [0, 0.1) is 0 Å². The molecule has 0 aliphatic carbocycles. The van der Waals surface area contributed by atoms with Gasteiger partial charge in [0.25, 0.3) is 0 Å². The number of aliphatic imine (C=N–C) groups is 1. The van der Waals surface area contributed by atoms with Crippen LogP contribution in [0.15, 0.2) is 41.7 Å². The number of guanidine groups is 1. The third-order valence-electron chi connectivity index (χ3n) is 5.07. The molecule has 160 valence electrons. The van der Waals surface area contributed by atoms with Crippen molar-refractivity contribution in [3.8, 4) is 0 Å². The molecule has 0 spiro atoms. The maximum Gasteiger partial charge on any atom is 0.191 e. The molecule has 2 atom stereocenters. The highest BCUT2D eigenvalue weighted by molar-refractivity contribution is 5.79. The Balaban J connectivity index is 2.08. The van der Waals surface area contributed by atoms with Crippen molar-refractivity contribution in [1.29, 1.82) is 0 Å². The molecule has 0 aliphatic rings. The Morgan fingerprint density at radius 1 is 1.24 bits per heavy atom. The predicted molar refractivity (Wildman–Crippen MR) is 119 cm³/mol. The molecule has 2 unspecified atom stereocenters. The Morgan fingerprint density at radius 2 is 1.93 bits per heavy atom. The number of aliphatic hydroxyl groups is 1. The molecule has 1 aromatic heterocycles. The van der Waals surface area contributed by atoms with E-state index in [9.17, 15) is 5.11 Å². The van der Waals surface area contributed by atoms with Gasteiger partial charge in [-0.15, -0.1) is 0 Å². The molecular formula is C22H36N6O. The Morgan fingerprint density at radius 3 is 2.45 bits per heavy atom. The SMILES string of the molecule is CCNC(=NCC(C)(O)c1cnn(C)c1)NCC(c1ccc(CC)cc1)N(C)C. The molecule has 0 aliphatic heterocycles. The van der Waals surface area contributed by atoms with E-state index >= 15 is 0 Å². The summed E-state index contributed by atoms with van der Waals surface area (Å²) in [6.07, 6.45) is 4.54. The molecule has 0 amide bonds. The molecule has 1 heterocycles. The molecular weight excluding hydrogens is 364 g/mol. The lowest BCUT2D eigenvalue weighted by molar-refractivity contribution is 0.0671. The fraction of sp³-hybridized carbons (Fsp3) is 0.545. The van der Waals surface area contributed by atoms with Crippen molar-refractivity contribution in [2.75, 3.05) is 33.7 Å². The average Bonchev–Trinajstić information content (AvgIpc) is 3.14. The third-order valence-corrected chi connectivity index (χ3v) is 5.07. The average molecular weight is 401 g/mol. The van der Waals surface area contributed by atoms with Crippen LogP contribution in [0.4, 0.5) is 0 Å². The summed E-state index contributed by atoms with van der Waals surface area (Å²) in [5.41, 5.74) is 2.28.